The van der Waals surface area contributed by atoms with E-state index in [0.29, 0.717) is 24.5 Å². The number of nitrogens with zero attached hydrogens (tertiary/aromatic N) is 5. The number of carboxylic acids is 1. The van der Waals surface area contributed by atoms with Gasteiger partial charge >= 0.3 is 5.97 Å². The summed E-state index contributed by atoms with van der Waals surface area (Å²) in [6, 6.07) is 10.9. The summed E-state index contributed by atoms with van der Waals surface area (Å²) in [6.45, 7) is 1.62. The normalized spacial score (nSPS) is 23.5. The zero-order chi connectivity index (χ0) is 25.7. The summed E-state index contributed by atoms with van der Waals surface area (Å²) < 4.78 is 2.12. The molecule has 192 valence electrons. The van der Waals surface area contributed by atoms with Gasteiger partial charge in [0, 0.05) is 30.4 Å². The van der Waals surface area contributed by atoms with Crippen molar-refractivity contribution in [2.24, 2.45) is 16.3 Å². The van der Waals surface area contributed by atoms with E-state index in [4.69, 9.17) is 4.98 Å². The Hall–Kier alpha value is -2.91. The van der Waals surface area contributed by atoms with E-state index in [-0.39, 0.29) is 12.2 Å². The van der Waals surface area contributed by atoms with Crippen LogP contribution < -0.4 is 0 Å². The second kappa shape index (κ2) is 9.44. The van der Waals surface area contributed by atoms with Crippen molar-refractivity contribution in [1.82, 2.24) is 19.4 Å². The highest BCUT2D eigenvalue weighted by Crippen LogP contribution is 2.47. The third-order valence-corrected chi connectivity index (χ3v) is 8.98. The van der Waals surface area contributed by atoms with Crippen LogP contribution in [-0.4, -0.2) is 73.0 Å². The molecule has 1 aliphatic heterocycles. The van der Waals surface area contributed by atoms with Gasteiger partial charge in [-0.2, -0.15) is 0 Å². The van der Waals surface area contributed by atoms with Crippen LogP contribution >= 0.6 is 15.9 Å². The highest BCUT2D eigenvalue weighted by molar-refractivity contribution is 9.10. The van der Waals surface area contributed by atoms with Crippen LogP contribution in [0.15, 0.2) is 47.6 Å². The number of carbonyl (C=O) groups is 2. The molecule has 2 atom stereocenters. The van der Waals surface area contributed by atoms with E-state index in [2.05, 4.69) is 35.4 Å². The maximum Gasteiger partial charge on any atom is 0.328 e. The molecular formula is C28H30BrN5O3. The van der Waals surface area contributed by atoms with Gasteiger partial charge < -0.3 is 10.0 Å². The van der Waals surface area contributed by atoms with E-state index >= 15 is 0 Å². The Morgan fingerprint density at radius 2 is 1.95 bits per heavy atom. The van der Waals surface area contributed by atoms with Gasteiger partial charge in [-0.3, -0.25) is 14.4 Å². The molecule has 37 heavy (non-hydrogen) atoms. The van der Waals surface area contributed by atoms with Crippen molar-refractivity contribution < 1.29 is 14.7 Å². The van der Waals surface area contributed by atoms with E-state index in [1.165, 1.54) is 12.8 Å². The van der Waals surface area contributed by atoms with Gasteiger partial charge in [-0.05, 0) is 81.6 Å². The molecule has 9 heteroatoms. The number of benzene rings is 1. The zero-order valence-corrected chi connectivity index (χ0v) is 22.4. The topological polar surface area (TPSA) is 101 Å². The first-order valence-corrected chi connectivity index (χ1v) is 13.9. The number of fused-ring (bicyclic) bond motifs is 1. The lowest BCUT2D eigenvalue weighted by Crippen LogP contribution is -2.63. The van der Waals surface area contributed by atoms with Crippen LogP contribution in [0.25, 0.3) is 16.9 Å². The van der Waals surface area contributed by atoms with Gasteiger partial charge in [-0.15, -0.1) is 0 Å². The molecule has 0 amide bonds. The van der Waals surface area contributed by atoms with Gasteiger partial charge in [0.1, 0.15) is 16.2 Å². The molecule has 0 bridgehead atoms. The predicted molar refractivity (Wildman–Crippen MR) is 145 cm³/mol. The lowest BCUT2D eigenvalue weighted by Gasteiger charge is -2.49. The molecule has 3 aromatic rings. The van der Waals surface area contributed by atoms with E-state index in [0.717, 1.165) is 47.7 Å². The van der Waals surface area contributed by atoms with Crippen molar-refractivity contribution in [2.45, 2.75) is 49.4 Å². The largest absolute Gasteiger partial charge is 0.480 e. The summed E-state index contributed by atoms with van der Waals surface area (Å²) in [7, 11) is 2.04. The van der Waals surface area contributed by atoms with Crippen LogP contribution in [0.4, 0.5) is 0 Å². The number of likely N-dealkylation sites (tertiary alicyclic amines) is 1. The minimum absolute atomic E-state index is 0.135. The lowest BCUT2D eigenvalue weighted by molar-refractivity contribution is -0.138. The second-order valence-corrected chi connectivity index (χ2v) is 11.6. The molecule has 3 heterocycles. The standard InChI is InChI=1S/C28H30BrN5O3/c1-33-13-10-28(11-14-33)24(23(29)25(28)35)32-21(27(36)37)15-17-6-8-19(9-7-17)34-22(16-18-4-5-18)31-20-3-2-12-30-26(20)34/h2-3,6-9,12,18,21,23H,4-5,10-11,13-16H2,1H3,(H,36,37)/t21-,23?/m0/s1. The maximum atomic E-state index is 12.8. The highest BCUT2D eigenvalue weighted by Gasteiger charge is 2.59. The predicted octanol–water partition coefficient (Wildman–Crippen LogP) is 3.87. The summed E-state index contributed by atoms with van der Waals surface area (Å²) in [6.07, 6.45) is 6.86. The minimum Gasteiger partial charge on any atom is -0.480 e. The molecule has 6 rings (SSSR count). The molecule has 1 N–H and O–H groups in total. The molecule has 1 spiro atoms. The number of aromatic nitrogens is 3. The third-order valence-electron chi connectivity index (χ3n) is 8.13. The molecule has 1 unspecified atom stereocenters. The van der Waals surface area contributed by atoms with Gasteiger partial charge in [-0.25, -0.2) is 14.8 Å². The van der Waals surface area contributed by atoms with Crippen LogP contribution in [0.3, 0.4) is 0 Å². The second-order valence-electron chi connectivity index (χ2n) is 10.7. The fourth-order valence-corrected chi connectivity index (χ4v) is 6.65. The number of hydrogen-bond donors (Lipinski definition) is 1. The fourth-order valence-electron chi connectivity index (χ4n) is 5.66. The Balaban J connectivity index is 1.26. The van der Waals surface area contributed by atoms with Crippen molar-refractivity contribution in [2.75, 3.05) is 20.1 Å². The van der Waals surface area contributed by atoms with E-state index < -0.39 is 22.3 Å². The van der Waals surface area contributed by atoms with Crippen molar-refractivity contribution >= 4 is 44.6 Å². The summed E-state index contributed by atoms with van der Waals surface area (Å²) >= 11 is 3.46. The van der Waals surface area contributed by atoms with E-state index in [1.54, 1.807) is 6.20 Å². The molecule has 3 fully saturated rings. The minimum atomic E-state index is -0.977. The summed E-state index contributed by atoms with van der Waals surface area (Å²) in [5.74, 6) is 0.862. The number of aliphatic imine (C=N–C) groups is 1. The number of imidazole rings is 1. The van der Waals surface area contributed by atoms with Crippen LogP contribution in [0, 0.1) is 11.3 Å². The number of carboxylic acid groups (broad SMARTS) is 1. The smallest absolute Gasteiger partial charge is 0.328 e. The number of hydrogen-bond acceptors (Lipinski definition) is 6. The van der Waals surface area contributed by atoms with Gasteiger partial charge in [0.25, 0.3) is 0 Å². The number of halogens is 1. The van der Waals surface area contributed by atoms with Crippen LogP contribution in [0.5, 0.6) is 0 Å². The van der Waals surface area contributed by atoms with E-state index in [1.807, 2.05) is 43.4 Å². The summed E-state index contributed by atoms with van der Waals surface area (Å²) in [4.78, 5) is 40.8. The Labute approximate surface area is 223 Å². The molecule has 1 aromatic carbocycles. The Morgan fingerprint density at radius 3 is 2.62 bits per heavy atom. The first-order valence-electron chi connectivity index (χ1n) is 13.0. The van der Waals surface area contributed by atoms with Gasteiger partial charge in [0.15, 0.2) is 17.5 Å². The molecule has 2 aromatic heterocycles. The number of Topliss-reactive ketones (excluding diaryl/α,β-unsaturated/α-hetero) is 1. The average Bonchev–Trinajstić information content (AvgIpc) is 3.65. The van der Waals surface area contributed by atoms with Gasteiger partial charge in [0.2, 0.25) is 0 Å². The summed E-state index contributed by atoms with van der Waals surface area (Å²) in [5.41, 5.74) is 3.67. The maximum absolute atomic E-state index is 12.8. The van der Waals surface area contributed by atoms with E-state index in [9.17, 15) is 14.7 Å². The number of pyridine rings is 1. The van der Waals surface area contributed by atoms with Crippen molar-refractivity contribution in [3.05, 3.63) is 54.0 Å². The van der Waals surface area contributed by atoms with Crippen molar-refractivity contribution in [1.29, 1.82) is 0 Å². The Bertz CT molecular complexity index is 1390. The zero-order valence-electron chi connectivity index (χ0n) is 20.8. The van der Waals surface area contributed by atoms with Crippen LogP contribution in [-0.2, 0) is 22.4 Å². The Morgan fingerprint density at radius 1 is 1.22 bits per heavy atom. The van der Waals surface area contributed by atoms with Crippen molar-refractivity contribution in [3.8, 4) is 5.69 Å². The Kier molecular flexibility index (Phi) is 6.23. The first-order chi connectivity index (χ1) is 17.9. The molecule has 0 radical (unpaired) electrons. The molecule has 1 saturated heterocycles. The molecule has 2 saturated carbocycles. The number of alkyl halides is 1. The number of piperidine rings is 1. The number of aliphatic carboxylic acids is 1. The van der Waals surface area contributed by atoms with Gasteiger partial charge in [0.05, 0.1) is 5.41 Å². The number of rotatable bonds is 7. The first kappa shape index (κ1) is 24.4. The van der Waals surface area contributed by atoms with Crippen LogP contribution in [0.1, 0.15) is 37.1 Å². The molecule has 2 aliphatic carbocycles. The van der Waals surface area contributed by atoms with Gasteiger partial charge in [-0.1, -0.05) is 28.1 Å². The molecule has 3 aliphatic rings. The quantitative estimate of drug-likeness (QED) is 0.438. The monoisotopic (exact) mass is 563 g/mol. The average molecular weight is 564 g/mol. The third kappa shape index (κ3) is 4.42. The summed E-state index contributed by atoms with van der Waals surface area (Å²) in [5, 5.41) is 10.00. The lowest BCUT2D eigenvalue weighted by atomic mass is 9.60. The van der Waals surface area contributed by atoms with Crippen molar-refractivity contribution in [3.63, 3.8) is 0 Å². The van der Waals surface area contributed by atoms with Crippen LogP contribution in [0.2, 0.25) is 0 Å². The molecular weight excluding hydrogens is 534 g/mol. The molecule has 8 nitrogen and oxygen atoms in total. The highest BCUT2D eigenvalue weighted by atomic mass is 79.9. The number of carbonyl (C=O) groups excluding carboxylic acids is 1. The fraction of sp³-hybridized carbons (Fsp3) is 0.464. The number of ketones is 1. The SMILES string of the molecule is CN1CCC2(CC1)C(=O)C(Br)C2=N[C@@H](Cc1ccc(-n2c(CC3CC3)nc3cccnc32)cc1)C(=O)O.